The number of unbranched alkanes of at least 4 members (excludes halogenated alkanes) is 1. The predicted octanol–water partition coefficient (Wildman–Crippen LogP) is 3.99. The summed E-state index contributed by atoms with van der Waals surface area (Å²) in [7, 11) is 0. The fourth-order valence-electron chi connectivity index (χ4n) is 1.89. The molecular formula is C12H21ClN2. The lowest BCUT2D eigenvalue weighted by molar-refractivity contribution is 0.555. The number of rotatable bonds is 5. The number of halogens is 1. The van der Waals surface area contributed by atoms with E-state index in [4.69, 9.17) is 11.6 Å². The van der Waals surface area contributed by atoms with E-state index < -0.39 is 0 Å². The molecule has 0 radical (unpaired) electrons. The van der Waals surface area contributed by atoms with E-state index >= 15 is 0 Å². The molecule has 0 aliphatic carbocycles. The van der Waals surface area contributed by atoms with E-state index in [9.17, 15) is 0 Å². The minimum Gasteiger partial charge on any atom is -0.269 e. The third-order valence-electron chi connectivity index (χ3n) is 2.83. The van der Waals surface area contributed by atoms with Gasteiger partial charge in [-0.05, 0) is 26.7 Å². The predicted molar refractivity (Wildman–Crippen MR) is 65.5 cm³/mol. The summed E-state index contributed by atoms with van der Waals surface area (Å²) in [6.45, 7) is 9.49. The summed E-state index contributed by atoms with van der Waals surface area (Å²) in [5, 5.41) is 4.66. The van der Waals surface area contributed by atoms with Gasteiger partial charge < -0.3 is 0 Å². The Labute approximate surface area is 97.6 Å². The number of nitrogens with zero attached hydrogens (tertiary/aromatic N) is 2. The lowest BCUT2D eigenvalue weighted by Gasteiger charge is -2.08. The Balaban J connectivity index is 2.93. The molecule has 0 fully saturated rings. The van der Waals surface area contributed by atoms with Gasteiger partial charge in [0, 0.05) is 17.8 Å². The zero-order valence-electron chi connectivity index (χ0n) is 10.2. The molecule has 0 bridgehead atoms. The highest BCUT2D eigenvalue weighted by atomic mass is 35.5. The fraction of sp³-hybridized carbons (Fsp3) is 0.750. The van der Waals surface area contributed by atoms with Crippen molar-refractivity contribution in [2.24, 2.45) is 0 Å². The van der Waals surface area contributed by atoms with Crippen LogP contribution in [-0.4, -0.2) is 9.78 Å². The summed E-state index contributed by atoms with van der Waals surface area (Å²) in [6.07, 6.45) is 3.34. The highest BCUT2D eigenvalue weighted by Crippen LogP contribution is 2.29. The second kappa shape index (κ2) is 5.55. The first-order valence-electron chi connectivity index (χ1n) is 5.79. The van der Waals surface area contributed by atoms with Crippen LogP contribution in [0, 0.1) is 13.8 Å². The van der Waals surface area contributed by atoms with Crippen molar-refractivity contribution >= 4 is 11.6 Å². The first-order chi connectivity index (χ1) is 7.11. The number of hydrogen-bond donors (Lipinski definition) is 0. The lowest BCUT2D eigenvalue weighted by Crippen LogP contribution is -2.02. The van der Waals surface area contributed by atoms with Gasteiger partial charge >= 0.3 is 0 Å². The van der Waals surface area contributed by atoms with Gasteiger partial charge in [0.1, 0.15) is 0 Å². The van der Waals surface area contributed by atoms with Crippen LogP contribution in [0.1, 0.15) is 55.4 Å². The van der Waals surface area contributed by atoms with Gasteiger partial charge in [-0.2, -0.15) is 5.10 Å². The molecule has 86 valence electrons. The van der Waals surface area contributed by atoms with E-state index in [0.717, 1.165) is 18.7 Å². The second-order valence-corrected chi connectivity index (χ2v) is 4.56. The van der Waals surface area contributed by atoms with Gasteiger partial charge in [0.15, 0.2) is 0 Å². The molecule has 3 heteroatoms. The first-order valence-corrected chi connectivity index (χ1v) is 6.23. The van der Waals surface area contributed by atoms with E-state index in [1.54, 1.807) is 0 Å². The standard InChI is InChI=1S/C12H21ClN2/c1-5-7-8-15-10(4)12(9(3)14-15)11(13)6-2/h11H,5-8H2,1-4H3. The molecule has 0 amide bonds. The second-order valence-electron chi connectivity index (χ2n) is 4.04. The molecule has 0 saturated heterocycles. The van der Waals surface area contributed by atoms with Gasteiger partial charge in [-0.25, -0.2) is 0 Å². The normalized spacial score (nSPS) is 13.1. The number of aryl methyl sites for hydroxylation is 2. The summed E-state index contributed by atoms with van der Waals surface area (Å²) in [5.74, 6) is 0. The molecular weight excluding hydrogens is 208 g/mol. The van der Waals surface area contributed by atoms with E-state index in [1.807, 2.05) is 0 Å². The van der Waals surface area contributed by atoms with Crippen molar-refractivity contribution in [1.29, 1.82) is 0 Å². The molecule has 2 nitrogen and oxygen atoms in total. The molecule has 1 atom stereocenters. The third kappa shape index (κ3) is 2.75. The highest BCUT2D eigenvalue weighted by Gasteiger charge is 2.17. The maximum atomic E-state index is 6.30. The van der Waals surface area contributed by atoms with Crippen molar-refractivity contribution in [1.82, 2.24) is 9.78 Å². The Hall–Kier alpha value is -0.500. The summed E-state index contributed by atoms with van der Waals surface area (Å²) in [4.78, 5) is 0. The SMILES string of the molecule is CCCCn1nc(C)c(C(Cl)CC)c1C. The van der Waals surface area contributed by atoms with Gasteiger partial charge in [0.2, 0.25) is 0 Å². The van der Waals surface area contributed by atoms with Gasteiger partial charge in [-0.15, -0.1) is 11.6 Å². The number of hydrogen-bond acceptors (Lipinski definition) is 1. The maximum Gasteiger partial charge on any atom is 0.0643 e. The molecule has 1 aromatic heterocycles. The van der Waals surface area contributed by atoms with Gasteiger partial charge in [-0.3, -0.25) is 4.68 Å². The topological polar surface area (TPSA) is 17.8 Å². The number of alkyl halides is 1. The van der Waals surface area contributed by atoms with Crippen LogP contribution >= 0.6 is 11.6 Å². The van der Waals surface area contributed by atoms with Crippen LogP contribution in [0.25, 0.3) is 0 Å². The Morgan fingerprint density at radius 1 is 1.33 bits per heavy atom. The minimum atomic E-state index is 0.111. The summed E-state index contributed by atoms with van der Waals surface area (Å²) in [5.41, 5.74) is 3.56. The van der Waals surface area contributed by atoms with Gasteiger partial charge in [0.25, 0.3) is 0 Å². The van der Waals surface area contributed by atoms with Crippen LogP contribution in [-0.2, 0) is 6.54 Å². The molecule has 15 heavy (non-hydrogen) atoms. The van der Waals surface area contributed by atoms with E-state index in [1.165, 1.54) is 24.1 Å². The van der Waals surface area contributed by atoms with Crippen molar-refractivity contribution in [2.75, 3.05) is 0 Å². The van der Waals surface area contributed by atoms with Crippen LogP contribution in [0.2, 0.25) is 0 Å². The van der Waals surface area contributed by atoms with Crippen molar-refractivity contribution in [3.8, 4) is 0 Å². The Bertz CT molecular complexity index is 318. The largest absolute Gasteiger partial charge is 0.269 e. The molecule has 0 aliphatic rings. The number of aromatic nitrogens is 2. The lowest BCUT2D eigenvalue weighted by atomic mass is 10.1. The van der Waals surface area contributed by atoms with Crippen molar-refractivity contribution in [2.45, 2.75) is 58.9 Å². The van der Waals surface area contributed by atoms with Crippen molar-refractivity contribution in [3.63, 3.8) is 0 Å². The highest BCUT2D eigenvalue weighted by molar-refractivity contribution is 6.20. The molecule has 0 aromatic carbocycles. The monoisotopic (exact) mass is 228 g/mol. The summed E-state index contributed by atoms with van der Waals surface area (Å²) in [6, 6.07) is 0. The molecule has 1 heterocycles. The maximum absolute atomic E-state index is 6.30. The average Bonchev–Trinajstić information content (AvgIpc) is 2.50. The van der Waals surface area contributed by atoms with Crippen LogP contribution < -0.4 is 0 Å². The summed E-state index contributed by atoms with van der Waals surface area (Å²) < 4.78 is 2.10. The average molecular weight is 229 g/mol. The van der Waals surface area contributed by atoms with Crippen LogP contribution in [0.15, 0.2) is 0 Å². The third-order valence-corrected chi connectivity index (χ3v) is 3.36. The molecule has 1 aromatic rings. The van der Waals surface area contributed by atoms with Crippen molar-refractivity contribution < 1.29 is 0 Å². The Morgan fingerprint density at radius 3 is 2.53 bits per heavy atom. The minimum absolute atomic E-state index is 0.111. The van der Waals surface area contributed by atoms with Crippen LogP contribution in [0.3, 0.4) is 0 Å². The Morgan fingerprint density at radius 2 is 2.00 bits per heavy atom. The zero-order chi connectivity index (χ0) is 11.4. The quantitative estimate of drug-likeness (QED) is 0.697. The smallest absolute Gasteiger partial charge is 0.0643 e. The Kier molecular flexibility index (Phi) is 4.65. The van der Waals surface area contributed by atoms with Gasteiger partial charge in [-0.1, -0.05) is 20.3 Å². The van der Waals surface area contributed by atoms with E-state index in [-0.39, 0.29) is 5.38 Å². The molecule has 0 N–H and O–H groups in total. The fourth-order valence-corrected chi connectivity index (χ4v) is 2.21. The van der Waals surface area contributed by atoms with E-state index in [2.05, 4.69) is 37.5 Å². The first kappa shape index (κ1) is 12.6. The van der Waals surface area contributed by atoms with Crippen molar-refractivity contribution in [3.05, 3.63) is 17.0 Å². The zero-order valence-corrected chi connectivity index (χ0v) is 10.9. The molecule has 0 aliphatic heterocycles. The molecule has 1 unspecified atom stereocenters. The van der Waals surface area contributed by atoms with Gasteiger partial charge in [0.05, 0.1) is 11.1 Å². The van der Waals surface area contributed by atoms with Crippen LogP contribution in [0.4, 0.5) is 0 Å². The summed E-state index contributed by atoms with van der Waals surface area (Å²) >= 11 is 6.30. The molecule has 1 rings (SSSR count). The van der Waals surface area contributed by atoms with Crippen LogP contribution in [0.5, 0.6) is 0 Å². The van der Waals surface area contributed by atoms with E-state index in [0.29, 0.717) is 0 Å². The molecule has 0 saturated carbocycles. The molecule has 0 spiro atoms.